The van der Waals surface area contributed by atoms with Crippen molar-refractivity contribution in [1.82, 2.24) is 4.98 Å². The van der Waals surface area contributed by atoms with E-state index in [1.807, 2.05) is 30.3 Å². The number of nitrogens with one attached hydrogen (secondary N) is 1. The number of pyridine rings is 1. The maximum Gasteiger partial charge on any atom is 0.338 e. The Kier molecular flexibility index (Phi) is 7.48. The summed E-state index contributed by atoms with van der Waals surface area (Å²) < 4.78 is 16.3. The maximum atomic E-state index is 12.7. The van der Waals surface area contributed by atoms with Crippen molar-refractivity contribution in [3.63, 3.8) is 0 Å². The number of ether oxygens (including phenoxy) is 3. The Balaban J connectivity index is 1.65. The zero-order valence-corrected chi connectivity index (χ0v) is 20.0. The van der Waals surface area contributed by atoms with E-state index in [1.165, 1.54) is 7.11 Å². The summed E-state index contributed by atoms with van der Waals surface area (Å²) in [6, 6.07) is 21.3. The molecular formula is C27H23ClN2O5. The third-order valence-electron chi connectivity index (χ3n) is 5.15. The SMILES string of the molecule is CCOC(=O)c1ccc2nc(-c3ccccc3)cc(OCC(=O)Nc3cc(Cl)ccc3OC)c2c1. The second-order valence-corrected chi connectivity index (χ2v) is 7.94. The molecule has 8 heteroatoms. The van der Waals surface area contributed by atoms with Gasteiger partial charge >= 0.3 is 5.97 Å². The van der Waals surface area contributed by atoms with Crippen LogP contribution in [0.1, 0.15) is 17.3 Å². The Morgan fingerprint density at radius 1 is 0.971 bits per heavy atom. The molecule has 0 aliphatic carbocycles. The van der Waals surface area contributed by atoms with Crippen LogP contribution in [0.3, 0.4) is 0 Å². The van der Waals surface area contributed by atoms with Gasteiger partial charge in [0.2, 0.25) is 0 Å². The largest absolute Gasteiger partial charge is 0.495 e. The number of nitrogens with zero attached hydrogens (tertiary/aromatic N) is 1. The van der Waals surface area contributed by atoms with E-state index in [0.717, 1.165) is 5.56 Å². The fraction of sp³-hybridized carbons (Fsp3) is 0.148. The first kappa shape index (κ1) is 24.0. The van der Waals surface area contributed by atoms with Gasteiger partial charge in [0.25, 0.3) is 5.91 Å². The topological polar surface area (TPSA) is 86.8 Å². The minimum Gasteiger partial charge on any atom is -0.495 e. The first-order chi connectivity index (χ1) is 17.0. The molecule has 1 heterocycles. The lowest BCUT2D eigenvalue weighted by Gasteiger charge is -2.14. The van der Waals surface area contributed by atoms with Crippen molar-refractivity contribution in [1.29, 1.82) is 0 Å². The monoisotopic (exact) mass is 490 g/mol. The van der Waals surface area contributed by atoms with Crippen LogP contribution in [0.2, 0.25) is 5.02 Å². The number of anilines is 1. The molecule has 7 nitrogen and oxygen atoms in total. The van der Waals surface area contributed by atoms with E-state index in [9.17, 15) is 9.59 Å². The number of methoxy groups -OCH3 is 1. The van der Waals surface area contributed by atoms with Crippen LogP contribution in [0.5, 0.6) is 11.5 Å². The molecule has 1 amide bonds. The zero-order chi connectivity index (χ0) is 24.8. The van der Waals surface area contributed by atoms with Crippen molar-refractivity contribution in [3.05, 3.63) is 83.4 Å². The third-order valence-corrected chi connectivity index (χ3v) is 5.38. The summed E-state index contributed by atoms with van der Waals surface area (Å²) in [6.45, 7) is 1.72. The van der Waals surface area contributed by atoms with Gasteiger partial charge in [-0.05, 0) is 43.3 Å². The van der Waals surface area contributed by atoms with Crippen molar-refractivity contribution in [2.75, 3.05) is 25.6 Å². The van der Waals surface area contributed by atoms with Crippen molar-refractivity contribution >= 4 is 40.1 Å². The molecule has 0 unspecified atom stereocenters. The Morgan fingerprint density at radius 3 is 2.51 bits per heavy atom. The fourth-order valence-electron chi connectivity index (χ4n) is 3.52. The second kappa shape index (κ2) is 10.9. The quantitative estimate of drug-likeness (QED) is 0.316. The molecule has 0 bridgehead atoms. The molecule has 0 spiro atoms. The standard InChI is InChI=1S/C27H23ClN2O5/c1-3-34-27(32)18-9-11-21-20(13-18)25(15-22(29-21)17-7-5-4-6-8-17)35-16-26(31)30-23-14-19(28)10-12-24(23)33-2/h4-15H,3,16H2,1-2H3,(H,30,31). The highest BCUT2D eigenvalue weighted by Gasteiger charge is 2.15. The van der Waals surface area contributed by atoms with E-state index >= 15 is 0 Å². The molecule has 0 fully saturated rings. The van der Waals surface area contributed by atoms with Crippen LogP contribution in [0, 0.1) is 0 Å². The van der Waals surface area contributed by atoms with Crippen molar-refractivity contribution < 1.29 is 23.8 Å². The lowest BCUT2D eigenvalue weighted by molar-refractivity contribution is -0.118. The number of aromatic nitrogens is 1. The summed E-state index contributed by atoms with van der Waals surface area (Å²) in [5.74, 6) is 0.0346. The fourth-order valence-corrected chi connectivity index (χ4v) is 3.69. The number of fused-ring (bicyclic) bond motifs is 1. The smallest absolute Gasteiger partial charge is 0.338 e. The summed E-state index contributed by atoms with van der Waals surface area (Å²) >= 11 is 6.05. The Bertz CT molecular complexity index is 1380. The van der Waals surface area contributed by atoms with Gasteiger partial charge in [-0.15, -0.1) is 0 Å². The van der Waals surface area contributed by atoms with Gasteiger partial charge in [0.05, 0.1) is 36.2 Å². The van der Waals surface area contributed by atoms with E-state index in [4.69, 9.17) is 30.8 Å². The summed E-state index contributed by atoms with van der Waals surface area (Å²) in [5.41, 5.74) is 2.98. The summed E-state index contributed by atoms with van der Waals surface area (Å²) in [7, 11) is 1.50. The predicted octanol–water partition coefficient (Wildman–Crippen LogP) is 5.76. The average Bonchev–Trinajstić information content (AvgIpc) is 2.87. The average molecular weight is 491 g/mol. The van der Waals surface area contributed by atoms with Crippen LogP contribution in [0.4, 0.5) is 5.69 Å². The predicted molar refractivity (Wildman–Crippen MR) is 135 cm³/mol. The molecule has 0 atom stereocenters. The molecule has 0 radical (unpaired) electrons. The normalized spacial score (nSPS) is 10.6. The highest BCUT2D eigenvalue weighted by molar-refractivity contribution is 6.31. The van der Waals surface area contributed by atoms with Gasteiger partial charge in [0, 0.05) is 22.0 Å². The zero-order valence-electron chi connectivity index (χ0n) is 19.2. The number of rotatable bonds is 8. The summed E-state index contributed by atoms with van der Waals surface area (Å²) in [5, 5.41) is 3.80. The van der Waals surface area contributed by atoms with Crippen LogP contribution in [0.25, 0.3) is 22.2 Å². The molecule has 4 rings (SSSR count). The van der Waals surface area contributed by atoms with Gasteiger partial charge in [0.15, 0.2) is 6.61 Å². The first-order valence-corrected chi connectivity index (χ1v) is 11.3. The highest BCUT2D eigenvalue weighted by Crippen LogP contribution is 2.32. The van der Waals surface area contributed by atoms with Crippen LogP contribution in [-0.2, 0) is 9.53 Å². The Hall–Kier alpha value is -4.10. The molecule has 0 aliphatic rings. The van der Waals surface area contributed by atoms with Gasteiger partial charge in [-0.25, -0.2) is 9.78 Å². The van der Waals surface area contributed by atoms with Gasteiger partial charge < -0.3 is 19.5 Å². The number of amides is 1. The lowest BCUT2D eigenvalue weighted by atomic mass is 10.1. The lowest BCUT2D eigenvalue weighted by Crippen LogP contribution is -2.20. The van der Waals surface area contributed by atoms with Crippen LogP contribution >= 0.6 is 11.6 Å². The van der Waals surface area contributed by atoms with Gasteiger partial charge in [0.1, 0.15) is 11.5 Å². The van der Waals surface area contributed by atoms with Gasteiger partial charge in [-0.3, -0.25) is 4.79 Å². The van der Waals surface area contributed by atoms with Crippen LogP contribution < -0.4 is 14.8 Å². The molecule has 1 N–H and O–H groups in total. The number of hydrogen-bond acceptors (Lipinski definition) is 6. The summed E-state index contributed by atoms with van der Waals surface area (Å²) in [6.07, 6.45) is 0. The van der Waals surface area contributed by atoms with Crippen molar-refractivity contribution in [3.8, 4) is 22.8 Å². The van der Waals surface area contributed by atoms with Crippen LogP contribution in [0.15, 0.2) is 72.8 Å². The molecule has 0 saturated carbocycles. The van der Waals surface area contributed by atoms with E-state index < -0.39 is 11.9 Å². The number of halogens is 1. The number of carbonyl (C=O) groups is 2. The summed E-state index contributed by atoms with van der Waals surface area (Å²) in [4.78, 5) is 29.7. The minimum absolute atomic E-state index is 0.262. The first-order valence-electron chi connectivity index (χ1n) is 10.9. The molecule has 0 saturated heterocycles. The Morgan fingerprint density at radius 2 is 1.77 bits per heavy atom. The molecule has 3 aromatic carbocycles. The molecule has 0 aliphatic heterocycles. The van der Waals surface area contributed by atoms with E-state index in [2.05, 4.69) is 5.32 Å². The van der Waals surface area contributed by atoms with E-state index in [1.54, 1.807) is 49.4 Å². The number of esters is 1. The molecule has 4 aromatic rings. The van der Waals surface area contributed by atoms with E-state index in [-0.39, 0.29) is 13.2 Å². The number of benzene rings is 3. The van der Waals surface area contributed by atoms with Gasteiger partial charge in [-0.2, -0.15) is 0 Å². The molecule has 35 heavy (non-hydrogen) atoms. The number of carbonyl (C=O) groups excluding carboxylic acids is 2. The second-order valence-electron chi connectivity index (χ2n) is 7.51. The molecule has 178 valence electrons. The molecular weight excluding hydrogens is 468 g/mol. The van der Waals surface area contributed by atoms with E-state index in [0.29, 0.717) is 44.4 Å². The van der Waals surface area contributed by atoms with Crippen LogP contribution in [-0.4, -0.2) is 37.2 Å². The third kappa shape index (κ3) is 5.70. The van der Waals surface area contributed by atoms with Gasteiger partial charge in [-0.1, -0.05) is 41.9 Å². The highest BCUT2D eigenvalue weighted by atomic mass is 35.5. The van der Waals surface area contributed by atoms with Crippen molar-refractivity contribution in [2.24, 2.45) is 0 Å². The minimum atomic E-state index is -0.446. The maximum absolute atomic E-state index is 12.7. The van der Waals surface area contributed by atoms with Crippen molar-refractivity contribution in [2.45, 2.75) is 6.92 Å². The molecule has 1 aromatic heterocycles. The Labute approximate surface area is 207 Å². The number of hydrogen-bond donors (Lipinski definition) is 1.